The number of nitrogens with two attached hydrogens (primary N) is 1. The van der Waals surface area contributed by atoms with Crippen molar-refractivity contribution < 1.29 is 29.4 Å². The van der Waals surface area contributed by atoms with Crippen LogP contribution in [0, 0.1) is 0 Å². The highest BCUT2D eigenvalue weighted by molar-refractivity contribution is 7.98. The fraction of sp³-hybridized carbons (Fsp3) is 0.750. The van der Waals surface area contributed by atoms with Gasteiger partial charge in [0.1, 0.15) is 18.1 Å². The molecule has 27 heavy (non-hydrogen) atoms. The first-order valence-electron chi connectivity index (χ1n) is 8.72. The van der Waals surface area contributed by atoms with Crippen LogP contribution in [0.5, 0.6) is 0 Å². The topological polar surface area (TPSA) is 162 Å². The molecule has 0 radical (unpaired) electrons. The molecule has 10 nitrogen and oxygen atoms in total. The number of likely N-dealkylation sites (tertiary alicyclic amines) is 1. The molecule has 0 spiro atoms. The maximum absolute atomic E-state index is 12.7. The Morgan fingerprint density at radius 2 is 1.93 bits per heavy atom. The van der Waals surface area contributed by atoms with E-state index in [4.69, 9.17) is 15.9 Å². The summed E-state index contributed by atoms with van der Waals surface area (Å²) >= 11 is 1.47. The summed E-state index contributed by atoms with van der Waals surface area (Å²) in [5, 5.41) is 22.8. The van der Waals surface area contributed by atoms with Crippen LogP contribution in [0.4, 0.5) is 0 Å². The van der Waals surface area contributed by atoms with Crippen LogP contribution in [-0.4, -0.2) is 88.1 Å². The lowest BCUT2D eigenvalue weighted by molar-refractivity contribution is -0.144. The largest absolute Gasteiger partial charge is 0.480 e. The van der Waals surface area contributed by atoms with Gasteiger partial charge in [-0.3, -0.25) is 14.4 Å². The van der Waals surface area contributed by atoms with Crippen LogP contribution in [0.25, 0.3) is 0 Å². The van der Waals surface area contributed by atoms with Gasteiger partial charge >= 0.3 is 5.97 Å². The minimum atomic E-state index is -1.45. The molecule has 1 saturated heterocycles. The number of nitrogens with zero attached hydrogens (tertiary/aromatic N) is 1. The predicted molar refractivity (Wildman–Crippen MR) is 100.0 cm³/mol. The second kappa shape index (κ2) is 11.1. The number of carboxylic acids is 1. The number of hydrogen-bond donors (Lipinski definition) is 5. The highest BCUT2D eigenvalue weighted by atomic mass is 32.2. The van der Waals surface area contributed by atoms with Gasteiger partial charge in [-0.15, -0.1) is 0 Å². The highest BCUT2D eigenvalue weighted by Crippen LogP contribution is 2.18. The van der Waals surface area contributed by atoms with Crippen molar-refractivity contribution in [1.82, 2.24) is 15.5 Å². The van der Waals surface area contributed by atoms with Gasteiger partial charge in [-0.2, -0.15) is 11.8 Å². The fourth-order valence-corrected chi connectivity index (χ4v) is 3.27. The van der Waals surface area contributed by atoms with E-state index in [0.717, 1.165) is 0 Å². The van der Waals surface area contributed by atoms with Crippen LogP contribution in [0.2, 0.25) is 0 Å². The number of rotatable bonds is 10. The molecule has 1 fully saturated rings. The maximum Gasteiger partial charge on any atom is 0.328 e. The Balaban J connectivity index is 2.82. The Morgan fingerprint density at radius 3 is 2.44 bits per heavy atom. The molecule has 6 N–H and O–H groups in total. The minimum Gasteiger partial charge on any atom is -0.480 e. The molecule has 0 aromatic carbocycles. The van der Waals surface area contributed by atoms with Crippen LogP contribution < -0.4 is 16.4 Å². The first-order valence-corrected chi connectivity index (χ1v) is 10.1. The van der Waals surface area contributed by atoms with Gasteiger partial charge in [0.25, 0.3) is 0 Å². The molecule has 1 aliphatic rings. The molecule has 4 atom stereocenters. The molecule has 1 heterocycles. The van der Waals surface area contributed by atoms with Gasteiger partial charge in [0, 0.05) is 6.54 Å². The van der Waals surface area contributed by atoms with E-state index in [1.807, 2.05) is 6.26 Å². The molecule has 4 unspecified atom stereocenters. The van der Waals surface area contributed by atoms with E-state index in [2.05, 4.69) is 10.6 Å². The number of thioether (sulfide) groups is 1. The number of amides is 3. The molecular formula is C16H28N4O6S. The minimum absolute atomic E-state index is 0.282. The van der Waals surface area contributed by atoms with Gasteiger partial charge in [-0.25, -0.2) is 4.79 Å². The van der Waals surface area contributed by atoms with E-state index in [-0.39, 0.29) is 12.3 Å². The molecule has 11 heteroatoms. The summed E-state index contributed by atoms with van der Waals surface area (Å²) in [7, 11) is 0. The lowest BCUT2D eigenvalue weighted by Gasteiger charge is -2.27. The van der Waals surface area contributed by atoms with Gasteiger partial charge in [0.15, 0.2) is 0 Å². The molecule has 1 rings (SSSR count). The predicted octanol–water partition coefficient (Wildman–Crippen LogP) is -1.88. The van der Waals surface area contributed by atoms with Crippen LogP contribution in [0.3, 0.4) is 0 Å². The van der Waals surface area contributed by atoms with Crippen LogP contribution >= 0.6 is 11.8 Å². The lowest BCUT2D eigenvalue weighted by Crippen LogP contribution is -2.57. The quantitative estimate of drug-likeness (QED) is 0.283. The number of hydrogen-bond acceptors (Lipinski definition) is 7. The molecule has 0 aromatic rings. The third-order valence-electron chi connectivity index (χ3n) is 4.27. The number of carbonyl (C=O) groups is 4. The van der Waals surface area contributed by atoms with Gasteiger partial charge in [0.05, 0.1) is 12.6 Å². The number of aliphatic hydroxyl groups excluding tert-OH is 1. The zero-order valence-electron chi connectivity index (χ0n) is 15.5. The van der Waals surface area contributed by atoms with E-state index in [1.54, 1.807) is 6.92 Å². The first kappa shape index (κ1) is 23.2. The summed E-state index contributed by atoms with van der Waals surface area (Å²) < 4.78 is 0. The molecule has 3 amide bonds. The SMILES string of the molecule is CSCCC(NC(=O)C1CCCN1C(=O)C(C)N)C(=O)NC(CO)C(=O)O. The molecule has 1 aliphatic heterocycles. The van der Waals surface area contributed by atoms with Gasteiger partial charge < -0.3 is 31.5 Å². The number of aliphatic carboxylic acids is 1. The van der Waals surface area contributed by atoms with E-state index in [0.29, 0.717) is 25.1 Å². The van der Waals surface area contributed by atoms with Gasteiger partial charge in [0.2, 0.25) is 17.7 Å². The normalized spacial score (nSPS) is 19.9. The van der Waals surface area contributed by atoms with Crippen LogP contribution in [0.15, 0.2) is 0 Å². The van der Waals surface area contributed by atoms with Crippen molar-refractivity contribution in [3.8, 4) is 0 Å². The average molecular weight is 404 g/mol. The zero-order chi connectivity index (χ0) is 20.6. The van der Waals surface area contributed by atoms with Crippen molar-refractivity contribution in [1.29, 1.82) is 0 Å². The van der Waals surface area contributed by atoms with Crippen LogP contribution in [-0.2, 0) is 19.2 Å². The Bertz CT molecular complexity index is 559. The number of aliphatic hydroxyl groups is 1. The zero-order valence-corrected chi connectivity index (χ0v) is 16.3. The lowest BCUT2D eigenvalue weighted by atomic mass is 10.1. The molecule has 154 valence electrons. The van der Waals surface area contributed by atoms with Crippen molar-refractivity contribution in [2.75, 3.05) is 25.2 Å². The monoisotopic (exact) mass is 404 g/mol. The molecular weight excluding hydrogens is 376 g/mol. The number of carboxylic acid groups (broad SMARTS) is 1. The number of nitrogens with one attached hydrogen (secondary N) is 2. The van der Waals surface area contributed by atoms with E-state index in [9.17, 15) is 19.2 Å². The fourth-order valence-electron chi connectivity index (χ4n) is 2.79. The highest BCUT2D eigenvalue weighted by Gasteiger charge is 2.37. The summed E-state index contributed by atoms with van der Waals surface area (Å²) in [4.78, 5) is 49.6. The maximum atomic E-state index is 12.7. The third-order valence-corrected chi connectivity index (χ3v) is 4.91. The Labute approximate surface area is 162 Å². The Morgan fingerprint density at radius 1 is 1.26 bits per heavy atom. The number of carbonyl (C=O) groups excluding carboxylic acids is 3. The summed E-state index contributed by atoms with van der Waals surface area (Å²) in [6.07, 6.45) is 3.24. The average Bonchev–Trinajstić information content (AvgIpc) is 3.11. The van der Waals surface area contributed by atoms with E-state index < -0.39 is 48.6 Å². The second-order valence-corrected chi connectivity index (χ2v) is 7.39. The molecule has 0 saturated carbocycles. The van der Waals surface area contributed by atoms with Crippen molar-refractivity contribution in [2.24, 2.45) is 5.73 Å². The smallest absolute Gasteiger partial charge is 0.328 e. The van der Waals surface area contributed by atoms with Gasteiger partial charge in [-0.1, -0.05) is 0 Å². The van der Waals surface area contributed by atoms with Crippen molar-refractivity contribution in [3.05, 3.63) is 0 Å². The summed E-state index contributed by atoms with van der Waals surface area (Å²) in [6.45, 7) is 1.21. The summed E-state index contributed by atoms with van der Waals surface area (Å²) in [5.74, 6) is -2.31. The van der Waals surface area contributed by atoms with Crippen molar-refractivity contribution in [3.63, 3.8) is 0 Å². The van der Waals surface area contributed by atoms with E-state index >= 15 is 0 Å². The molecule has 0 bridgehead atoms. The Kier molecular flexibility index (Phi) is 9.53. The molecule has 0 aromatic heterocycles. The molecule has 0 aliphatic carbocycles. The van der Waals surface area contributed by atoms with Crippen molar-refractivity contribution >= 4 is 35.5 Å². The van der Waals surface area contributed by atoms with E-state index in [1.165, 1.54) is 16.7 Å². The Hall–Kier alpha value is -1.85. The van der Waals surface area contributed by atoms with Crippen LogP contribution in [0.1, 0.15) is 26.2 Å². The standard InChI is InChI=1S/C16H28N4O6S/c1-9(17)15(24)20-6-3-4-12(20)14(23)18-10(5-7-27-2)13(22)19-11(8-21)16(25)26/h9-12,21H,3-8,17H2,1-2H3,(H,18,23)(H,19,22)(H,25,26). The first-order chi connectivity index (χ1) is 12.7. The third kappa shape index (κ3) is 6.67. The summed E-state index contributed by atoms with van der Waals surface area (Å²) in [5.41, 5.74) is 5.62. The van der Waals surface area contributed by atoms with Crippen molar-refractivity contribution in [2.45, 2.75) is 50.4 Å². The van der Waals surface area contributed by atoms with Gasteiger partial charge in [-0.05, 0) is 38.2 Å². The summed E-state index contributed by atoms with van der Waals surface area (Å²) in [6, 6.07) is -3.85. The second-order valence-electron chi connectivity index (χ2n) is 6.40.